The van der Waals surface area contributed by atoms with Crippen molar-refractivity contribution in [3.63, 3.8) is 0 Å². The zero-order valence-electron chi connectivity index (χ0n) is 36.0. The first kappa shape index (κ1) is 46.2. The van der Waals surface area contributed by atoms with Crippen LogP contribution in [0.4, 0.5) is 0 Å². The highest BCUT2D eigenvalue weighted by atomic mass is 16.6. The zero-order chi connectivity index (χ0) is 40.3. The van der Waals surface area contributed by atoms with E-state index in [2.05, 4.69) is 38.1 Å². The Morgan fingerprint density at radius 2 is 0.517 bits per heavy atom. The number of unbranched alkanes of at least 4 members (excludes halogenated alkanes) is 12. The van der Waals surface area contributed by atoms with Gasteiger partial charge in [0.25, 0.3) is 0 Å². The van der Waals surface area contributed by atoms with Crippen LogP contribution in [0, 0.1) is 0 Å². The Balaban J connectivity index is 1.59. The van der Waals surface area contributed by atoms with Crippen LogP contribution in [0.25, 0.3) is 21.5 Å². The van der Waals surface area contributed by atoms with E-state index < -0.39 is 0 Å². The summed E-state index contributed by atoms with van der Waals surface area (Å²) < 4.78 is 60.6. The molecule has 0 aromatic heterocycles. The SMILES string of the molecule is CCCCCCCCCc1c2cc3c(cc2c(CCCCCCCCC)c2cc4c(cc12)OCCOCCOCCOCCO4)OCCOCCOCCOCCO3. The smallest absolute Gasteiger partial charge is 0.161 e. The summed E-state index contributed by atoms with van der Waals surface area (Å²) in [5, 5.41) is 4.88. The van der Waals surface area contributed by atoms with E-state index >= 15 is 0 Å². The van der Waals surface area contributed by atoms with Gasteiger partial charge in [-0.25, -0.2) is 0 Å². The number of ether oxygens (including phenoxy) is 10. The largest absolute Gasteiger partial charge is 0.487 e. The second-order valence-electron chi connectivity index (χ2n) is 15.5. The Hall–Kier alpha value is -2.86. The Morgan fingerprint density at radius 3 is 0.776 bits per heavy atom. The van der Waals surface area contributed by atoms with E-state index in [1.807, 2.05) is 0 Å². The Morgan fingerprint density at radius 1 is 0.293 bits per heavy atom. The lowest BCUT2D eigenvalue weighted by Crippen LogP contribution is -2.13. The third-order valence-electron chi connectivity index (χ3n) is 11.0. The average molecular weight is 811 g/mol. The summed E-state index contributed by atoms with van der Waals surface area (Å²) in [5.41, 5.74) is 2.64. The maximum absolute atomic E-state index is 6.49. The van der Waals surface area contributed by atoms with Gasteiger partial charge in [-0.05, 0) is 82.6 Å². The molecule has 3 aromatic rings. The van der Waals surface area contributed by atoms with Gasteiger partial charge in [-0.1, -0.05) is 90.9 Å². The molecule has 0 bridgehead atoms. The first-order valence-electron chi connectivity index (χ1n) is 22.9. The lowest BCUT2D eigenvalue weighted by molar-refractivity contribution is 0.00708. The minimum Gasteiger partial charge on any atom is -0.487 e. The van der Waals surface area contributed by atoms with Crippen molar-refractivity contribution >= 4 is 21.5 Å². The number of hydrogen-bond donors (Lipinski definition) is 0. The number of aryl methyl sites for hydroxylation is 2. The first-order chi connectivity index (χ1) is 28.8. The highest BCUT2D eigenvalue weighted by molar-refractivity contribution is 6.08. The van der Waals surface area contributed by atoms with Crippen LogP contribution in [-0.2, 0) is 41.3 Å². The molecular formula is C48H74O10. The van der Waals surface area contributed by atoms with E-state index in [0.29, 0.717) is 106 Å². The molecule has 0 atom stereocenters. The fraction of sp³-hybridized carbons (Fsp3) is 0.708. The third kappa shape index (κ3) is 16.0. The molecule has 0 N–H and O–H groups in total. The van der Waals surface area contributed by atoms with Crippen molar-refractivity contribution < 1.29 is 47.4 Å². The van der Waals surface area contributed by atoms with Gasteiger partial charge in [-0.3, -0.25) is 0 Å². The molecule has 2 aliphatic heterocycles. The van der Waals surface area contributed by atoms with Crippen LogP contribution < -0.4 is 18.9 Å². The number of benzene rings is 3. The van der Waals surface area contributed by atoms with E-state index in [0.717, 1.165) is 48.7 Å². The number of rotatable bonds is 16. The summed E-state index contributed by atoms with van der Waals surface area (Å²) in [6, 6.07) is 8.93. The van der Waals surface area contributed by atoms with Crippen molar-refractivity contribution in [2.45, 2.75) is 117 Å². The minimum absolute atomic E-state index is 0.417. The molecule has 2 aliphatic rings. The quantitative estimate of drug-likeness (QED) is 0.103. The molecule has 0 saturated carbocycles. The highest BCUT2D eigenvalue weighted by Gasteiger charge is 2.21. The van der Waals surface area contributed by atoms with E-state index in [9.17, 15) is 0 Å². The van der Waals surface area contributed by atoms with Crippen molar-refractivity contribution in [1.82, 2.24) is 0 Å². The summed E-state index contributed by atoms with van der Waals surface area (Å²) in [5.74, 6) is 2.94. The lowest BCUT2D eigenvalue weighted by Gasteiger charge is -2.22. The minimum atomic E-state index is 0.417. The Labute approximate surface area is 348 Å². The summed E-state index contributed by atoms with van der Waals surface area (Å²) >= 11 is 0. The van der Waals surface area contributed by atoms with Crippen LogP contribution in [0.2, 0.25) is 0 Å². The van der Waals surface area contributed by atoms with Crippen LogP contribution in [0.3, 0.4) is 0 Å². The summed E-state index contributed by atoms with van der Waals surface area (Å²) in [6.07, 6.45) is 19.4. The van der Waals surface area contributed by atoms with Gasteiger partial charge < -0.3 is 47.4 Å². The molecule has 0 unspecified atom stereocenters. The molecular weight excluding hydrogens is 737 g/mol. The Kier molecular flexibility index (Phi) is 22.8. The molecule has 10 heteroatoms. The zero-order valence-corrected chi connectivity index (χ0v) is 36.0. The van der Waals surface area contributed by atoms with E-state index in [4.69, 9.17) is 47.4 Å². The molecule has 0 radical (unpaired) electrons. The molecule has 0 saturated heterocycles. The molecule has 10 nitrogen and oxygen atoms in total. The predicted molar refractivity (Wildman–Crippen MR) is 232 cm³/mol. The van der Waals surface area contributed by atoms with Crippen molar-refractivity contribution in [3.05, 3.63) is 35.4 Å². The van der Waals surface area contributed by atoms with Gasteiger partial charge in [0.05, 0.1) is 79.3 Å². The van der Waals surface area contributed by atoms with Gasteiger partial charge in [-0.15, -0.1) is 0 Å². The first-order valence-corrected chi connectivity index (χ1v) is 22.9. The van der Waals surface area contributed by atoms with Gasteiger partial charge in [0, 0.05) is 0 Å². The molecule has 0 aliphatic carbocycles. The third-order valence-corrected chi connectivity index (χ3v) is 11.0. The highest BCUT2D eigenvalue weighted by Crippen LogP contribution is 2.44. The molecule has 5 rings (SSSR count). The van der Waals surface area contributed by atoms with Crippen molar-refractivity contribution in [1.29, 1.82) is 0 Å². The number of hydrogen-bond acceptors (Lipinski definition) is 10. The van der Waals surface area contributed by atoms with Crippen LogP contribution in [-0.4, -0.2) is 106 Å². The van der Waals surface area contributed by atoms with Crippen LogP contribution >= 0.6 is 0 Å². The number of fused-ring (bicyclic) bond motifs is 4. The predicted octanol–water partition coefficient (Wildman–Crippen LogP) is 10.2. The van der Waals surface area contributed by atoms with Gasteiger partial charge in [0.15, 0.2) is 23.0 Å². The molecule has 3 aromatic carbocycles. The van der Waals surface area contributed by atoms with Crippen molar-refractivity contribution in [2.75, 3.05) is 106 Å². The molecule has 326 valence electrons. The average Bonchev–Trinajstić information content (AvgIpc) is 3.25. The Bertz CT molecular complexity index is 1350. The fourth-order valence-corrected chi connectivity index (χ4v) is 7.84. The summed E-state index contributed by atoms with van der Waals surface area (Å²) in [7, 11) is 0. The molecule has 0 spiro atoms. The summed E-state index contributed by atoms with van der Waals surface area (Å²) in [6.45, 7) is 12.3. The summed E-state index contributed by atoms with van der Waals surface area (Å²) in [4.78, 5) is 0. The fourth-order valence-electron chi connectivity index (χ4n) is 7.84. The van der Waals surface area contributed by atoms with E-state index in [-0.39, 0.29) is 0 Å². The molecule has 58 heavy (non-hydrogen) atoms. The lowest BCUT2D eigenvalue weighted by atomic mass is 9.86. The maximum atomic E-state index is 6.49. The second-order valence-corrected chi connectivity index (χ2v) is 15.5. The van der Waals surface area contributed by atoms with E-state index in [1.54, 1.807) is 0 Å². The van der Waals surface area contributed by atoms with Gasteiger partial charge in [0.1, 0.15) is 26.4 Å². The normalized spacial score (nSPS) is 17.3. The van der Waals surface area contributed by atoms with Gasteiger partial charge in [-0.2, -0.15) is 0 Å². The van der Waals surface area contributed by atoms with E-state index in [1.165, 1.54) is 110 Å². The maximum Gasteiger partial charge on any atom is 0.161 e. The molecule has 0 fully saturated rings. The van der Waals surface area contributed by atoms with Gasteiger partial charge >= 0.3 is 0 Å². The molecule has 0 amide bonds. The van der Waals surface area contributed by atoms with Crippen LogP contribution in [0.15, 0.2) is 24.3 Å². The topological polar surface area (TPSA) is 92.3 Å². The molecule has 2 heterocycles. The van der Waals surface area contributed by atoms with Gasteiger partial charge in [0.2, 0.25) is 0 Å². The van der Waals surface area contributed by atoms with Crippen LogP contribution in [0.5, 0.6) is 23.0 Å². The monoisotopic (exact) mass is 811 g/mol. The second kappa shape index (κ2) is 28.6. The van der Waals surface area contributed by atoms with Crippen LogP contribution in [0.1, 0.15) is 115 Å². The van der Waals surface area contributed by atoms with Crippen molar-refractivity contribution in [3.8, 4) is 23.0 Å². The standard InChI is InChI=1S/C48H74O10/c1-3-5-7-9-11-13-15-17-39-41-35-45-47(57-33-29-53-25-21-49-19-23-51-27-31-55-45)37-43(41)40(18-16-14-12-10-8-6-4-2)44-38-48-46(36-42(39)44)56-32-28-52-24-20-50-22-26-54-30-34-58-48/h35-38H,3-34H2,1-2H3. The van der Waals surface area contributed by atoms with Crippen molar-refractivity contribution in [2.24, 2.45) is 0 Å².